The van der Waals surface area contributed by atoms with Crippen molar-refractivity contribution in [1.82, 2.24) is 0 Å². The molecule has 0 bridgehead atoms. The predicted octanol–water partition coefficient (Wildman–Crippen LogP) is 2.79. The minimum absolute atomic E-state index is 0.0662. The maximum Gasteiger partial charge on any atom is 0.417 e. The number of carbonyl (C=O) groups is 1. The second kappa shape index (κ2) is 5.84. The maximum absolute atomic E-state index is 11.6. The number of amides is 1. The van der Waals surface area contributed by atoms with Crippen LogP contribution in [0.5, 0.6) is 5.75 Å². The summed E-state index contributed by atoms with van der Waals surface area (Å²) in [6, 6.07) is 15.8. The standard InChI is InChI=1S/C14H13NO3/c16-10-11-5-4-6-12(9-11)15-14(17)18-13-7-2-1-3-8-13/h1-9,16H,10H2,(H,15,17). The van der Waals surface area contributed by atoms with Crippen LogP contribution in [0, 0.1) is 0 Å². The summed E-state index contributed by atoms with van der Waals surface area (Å²) in [7, 11) is 0. The molecule has 0 fully saturated rings. The lowest BCUT2D eigenvalue weighted by atomic mass is 10.2. The second-order valence-corrected chi connectivity index (χ2v) is 3.69. The van der Waals surface area contributed by atoms with Gasteiger partial charge in [-0.25, -0.2) is 4.79 Å². The zero-order chi connectivity index (χ0) is 12.8. The van der Waals surface area contributed by atoms with Gasteiger partial charge < -0.3 is 9.84 Å². The van der Waals surface area contributed by atoms with Crippen LogP contribution in [0.2, 0.25) is 0 Å². The Kier molecular flexibility index (Phi) is 3.94. The highest BCUT2D eigenvalue weighted by Gasteiger charge is 2.04. The summed E-state index contributed by atoms with van der Waals surface area (Å²) < 4.78 is 5.08. The fourth-order valence-electron chi connectivity index (χ4n) is 1.49. The minimum Gasteiger partial charge on any atom is -0.410 e. The van der Waals surface area contributed by atoms with E-state index >= 15 is 0 Å². The summed E-state index contributed by atoms with van der Waals surface area (Å²) in [5.74, 6) is 0.480. The molecule has 1 amide bonds. The molecule has 2 rings (SSSR count). The monoisotopic (exact) mass is 243 g/mol. The van der Waals surface area contributed by atoms with E-state index in [4.69, 9.17) is 9.84 Å². The van der Waals surface area contributed by atoms with Gasteiger partial charge in [0.05, 0.1) is 6.61 Å². The number of carbonyl (C=O) groups excluding carboxylic acids is 1. The third kappa shape index (κ3) is 3.33. The van der Waals surface area contributed by atoms with E-state index in [2.05, 4.69) is 5.32 Å². The summed E-state index contributed by atoms with van der Waals surface area (Å²) >= 11 is 0. The molecular formula is C14H13NO3. The van der Waals surface area contributed by atoms with Gasteiger partial charge in [-0.05, 0) is 29.8 Å². The van der Waals surface area contributed by atoms with Crippen molar-refractivity contribution in [3.05, 3.63) is 60.2 Å². The van der Waals surface area contributed by atoms with Crippen molar-refractivity contribution < 1.29 is 14.6 Å². The smallest absolute Gasteiger partial charge is 0.410 e. The Labute approximate surface area is 105 Å². The number of hydrogen-bond acceptors (Lipinski definition) is 3. The zero-order valence-corrected chi connectivity index (χ0v) is 9.67. The van der Waals surface area contributed by atoms with E-state index in [1.807, 2.05) is 6.07 Å². The molecule has 0 saturated heterocycles. The van der Waals surface area contributed by atoms with Crippen LogP contribution in [0.3, 0.4) is 0 Å². The van der Waals surface area contributed by atoms with E-state index in [0.29, 0.717) is 11.4 Å². The van der Waals surface area contributed by atoms with Gasteiger partial charge in [0.25, 0.3) is 0 Å². The fraction of sp³-hybridized carbons (Fsp3) is 0.0714. The van der Waals surface area contributed by atoms with Crippen molar-refractivity contribution in [3.8, 4) is 5.75 Å². The van der Waals surface area contributed by atoms with Gasteiger partial charge in [-0.15, -0.1) is 0 Å². The molecule has 0 radical (unpaired) electrons. The Morgan fingerprint density at radius 1 is 1.11 bits per heavy atom. The lowest BCUT2D eigenvalue weighted by molar-refractivity contribution is 0.215. The van der Waals surface area contributed by atoms with E-state index in [0.717, 1.165) is 5.56 Å². The molecule has 0 aliphatic heterocycles. The zero-order valence-electron chi connectivity index (χ0n) is 9.67. The van der Waals surface area contributed by atoms with Gasteiger partial charge in [0.15, 0.2) is 0 Å². The number of nitrogens with one attached hydrogen (secondary N) is 1. The van der Waals surface area contributed by atoms with Crippen LogP contribution in [-0.2, 0) is 6.61 Å². The molecule has 2 aromatic rings. The Morgan fingerprint density at radius 2 is 1.89 bits per heavy atom. The number of benzene rings is 2. The third-order valence-electron chi connectivity index (χ3n) is 2.31. The van der Waals surface area contributed by atoms with Crippen LogP contribution >= 0.6 is 0 Å². The Balaban J connectivity index is 1.99. The maximum atomic E-state index is 11.6. The summed E-state index contributed by atoms with van der Waals surface area (Å²) in [6.07, 6.45) is -0.559. The van der Waals surface area contributed by atoms with Crippen LogP contribution < -0.4 is 10.1 Å². The molecule has 2 N–H and O–H groups in total. The topological polar surface area (TPSA) is 58.6 Å². The van der Waals surface area contributed by atoms with Gasteiger partial charge in [0, 0.05) is 5.69 Å². The second-order valence-electron chi connectivity index (χ2n) is 3.69. The molecular weight excluding hydrogens is 230 g/mol. The summed E-state index contributed by atoms with van der Waals surface area (Å²) in [5.41, 5.74) is 1.31. The SMILES string of the molecule is O=C(Nc1cccc(CO)c1)Oc1ccccc1. The highest BCUT2D eigenvalue weighted by molar-refractivity contribution is 5.86. The number of aliphatic hydroxyl groups is 1. The first-order valence-electron chi connectivity index (χ1n) is 5.51. The van der Waals surface area contributed by atoms with Crippen molar-refractivity contribution in [1.29, 1.82) is 0 Å². The average Bonchev–Trinajstić information content (AvgIpc) is 2.40. The van der Waals surface area contributed by atoms with Crippen LogP contribution in [-0.4, -0.2) is 11.2 Å². The van der Waals surface area contributed by atoms with Crippen molar-refractivity contribution in [2.24, 2.45) is 0 Å². The van der Waals surface area contributed by atoms with Crippen LogP contribution in [0.25, 0.3) is 0 Å². The van der Waals surface area contributed by atoms with E-state index in [9.17, 15) is 4.79 Å². The first-order valence-corrected chi connectivity index (χ1v) is 5.51. The van der Waals surface area contributed by atoms with E-state index < -0.39 is 6.09 Å². The molecule has 0 spiro atoms. The van der Waals surface area contributed by atoms with Crippen molar-refractivity contribution in [2.45, 2.75) is 6.61 Å². The number of ether oxygens (including phenoxy) is 1. The number of para-hydroxylation sites is 1. The summed E-state index contributed by atoms with van der Waals surface area (Å²) in [4.78, 5) is 11.6. The van der Waals surface area contributed by atoms with Gasteiger partial charge in [0.1, 0.15) is 5.75 Å². The highest BCUT2D eigenvalue weighted by Crippen LogP contribution is 2.13. The minimum atomic E-state index is -0.559. The molecule has 4 heteroatoms. The van der Waals surface area contributed by atoms with Crippen LogP contribution in [0.15, 0.2) is 54.6 Å². The average molecular weight is 243 g/mol. The molecule has 92 valence electrons. The van der Waals surface area contributed by atoms with Gasteiger partial charge in [0.2, 0.25) is 0 Å². The fourth-order valence-corrected chi connectivity index (χ4v) is 1.49. The molecule has 0 heterocycles. The number of anilines is 1. The van der Waals surface area contributed by atoms with Gasteiger partial charge in [-0.1, -0.05) is 30.3 Å². The third-order valence-corrected chi connectivity index (χ3v) is 2.31. The van der Waals surface area contributed by atoms with Gasteiger partial charge >= 0.3 is 6.09 Å². The molecule has 0 saturated carbocycles. The molecule has 2 aromatic carbocycles. The van der Waals surface area contributed by atoms with Crippen molar-refractivity contribution in [2.75, 3.05) is 5.32 Å². The number of aliphatic hydroxyl groups excluding tert-OH is 1. The largest absolute Gasteiger partial charge is 0.417 e. The lowest BCUT2D eigenvalue weighted by Gasteiger charge is -2.07. The summed E-state index contributed by atoms with van der Waals surface area (Å²) in [6.45, 7) is -0.0662. The highest BCUT2D eigenvalue weighted by atomic mass is 16.6. The predicted molar refractivity (Wildman–Crippen MR) is 68.5 cm³/mol. The van der Waals surface area contributed by atoms with Gasteiger partial charge in [-0.3, -0.25) is 5.32 Å². The van der Waals surface area contributed by atoms with Crippen LogP contribution in [0.1, 0.15) is 5.56 Å². The van der Waals surface area contributed by atoms with Crippen LogP contribution in [0.4, 0.5) is 10.5 Å². The van der Waals surface area contributed by atoms with E-state index in [1.54, 1.807) is 48.5 Å². The Morgan fingerprint density at radius 3 is 2.61 bits per heavy atom. The lowest BCUT2D eigenvalue weighted by Crippen LogP contribution is -2.16. The van der Waals surface area contributed by atoms with E-state index in [1.165, 1.54) is 0 Å². The molecule has 0 aliphatic rings. The normalized spacial score (nSPS) is 9.83. The van der Waals surface area contributed by atoms with E-state index in [-0.39, 0.29) is 6.61 Å². The first kappa shape index (κ1) is 12.1. The quantitative estimate of drug-likeness (QED) is 0.871. The molecule has 4 nitrogen and oxygen atoms in total. The summed E-state index contributed by atoms with van der Waals surface area (Å²) in [5, 5.41) is 11.6. The Hall–Kier alpha value is -2.33. The Bertz CT molecular complexity index is 526. The van der Waals surface area contributed by atoms with Crippen molar-refractivity contribution >= 4 is 11.8 Å². The number of hydrogen-bond donors (Lipinski definition) is 2. The number of rotatable bonds is 3. The molecule has 18 heavy (non-hydrogen) atoms. The molecule has 0 aromatic heterocycles. The first-order chi connectivity index (χ1) is 8.78. The molecule has 0 atom stereocenters. The van der Waals surface area contributed by atoms with Gasteiger partial charge in [-0.2, -0.15) is 0 Å². The molecule has 0 aliphatic carbocycles. The molecule has 0 unspecified atom stereocenters. The van der Waals surface area contributed by atoms with Crippen molar-refractivity contribution in [3.63, 3.8) is 0 Å².